The van der Waals surface area contributed by atoms with Gasteiger partial charge in [0.25, 0.3) is 5.69 Å². The average molecular weight is 588 g/mol. The van der Waals surface area contributed by atoms with Gasteiger partial charge in [0.1, 0.15) is 17.6 Å². The Morgan fingerprint density at radius 3 is 2.51 bits per heavy atom. The molecule has 2 aromatic heterocycles. The minimum Gasteiger partial charge on any atom is -0.459 e. The Balaban J connectivity index is 1.40. The first kappa shape index (κ1) is 27.2. The van der Waals surface area contributed by atoms with Crippen molar-refractivity contribution in [3.8, 4) is 11.3 Å². The van der Waals surface area contributed by atoms with E-state index in [2.05, 4.69) is 35.1 Å². The van der Waals surface area contributed by atoms with E-state index in [1.54, 1.807) is 30.5 Å². The number of benzene rings is 2. The highest BCUT2D eigenvalue weighted by atomic mass is 35.5. The number of nitrogens with zero attached hydrogens (tertiary/aromatic N) is 4. The molecule has 8 nitrogen and oxygen atoms in total. The maximum absolute atomic E-state index is 11.7. The van der Waals surface area contributed by atoms with E-state index in [9.17, 15) is 10.1 Å². The van der Waals surface area contributed by atoms with E-state index < -0.39 is 11.0 Å². The lowest BCUT2D eigenvalue weighted by Crippen LogP contribution is -2.38. The summed E-state index contributed by atoms with van der Waals surface area (Å²) in [6.45, 7) is 6.50. The Kier molecular flexibility index (Phi) is 7.40. The SMILES string of the molecule is CC1CC(C)CN(c2ccc(N3C(=S)NC(c4ccccn4)C3c3ccc(-c4ccccc4[N+](=O)[O-])o3)cc2Cl)C1. The molecular weight excluding hydrogens is 558 g/mol. The van der Waals surface area contributed by atoms with Crippen molar-refractivity contribution in [2.75, 3.05) is 22.9 Å². The van der Waals surface area contributed by atoms with Crippen LogP contribution in [0.25, 0.3) is 11.3 Å². The monoisotopic (exact) mass is 587 g/mol. The number of furan rings is 1. The second-order valence-corrected chi connectivity index (χ2v) is 11.8. The number of para-hydroxylation sites is 1. The molecule has 0 aliphatic carbocycles. The Hall–Kier alpha value is -3.95. The molecule has 0 saturated carbocycles. The molecule has 0 radical (unpaired) electrons. The maximum atomic E-state index is 11.7. The number of aromatic nitrogens is 1. The van der Waals surface area contributed by atoms with Crippen LogP contribution in [-0.4, -0.2) is 28.1 Å². The van der Waals surface area contributed by atoms with Gasteiger partial charge in [0, 0.05) is 31.0 Å². The van der Waals surface area contributed by atoms with Crippen molar-refractivity contribution in [3.63, 3.8) is 0 Å². The standard InChI is InChI=1S/C31H30ClN5O3S/c1-19-15-20(2)18-35(17-19)26-11-10-21(16-23(26)32)36-30(29(34-31(36)41)24-8-5-6-14-33-24)28-13-12-27(40-28)22-7-3-4-9-25(22)37(38)39/h3-14,16,19-20,29-30H,15,17-18H2,1-2H3,(H,34,41). The molecule has 2 aromatic carbocycles. The summed E-state index contributed by atoms with van der Waals surface area (Å²) in [5, 5.41) is 16.3. The molecule has 2 aliphatic heterocycles. The maximum Gasteiger partial charge on any atom is 0.280 e. The van der Waals surface area contributed by atoms with E-state index >= 15 is 0 Å². The number of anilines is 2. The van der Waals surface area contributed by atoms with Gasteiger partial charge in [-0.15, -0.1) is 0 Å². The minimum absolute atomic E-state index is 0.0182. The number of rotatable bonds is 6. The van der Waals surface area contributed by atoms with Crippen molar-refractivity contribution in [2.45, 2.75) is 32.4 Å². The molecule has 2 saturated heterocycles. The topological polar surface area (TPSA) is 87.7 Å². The van der Waals surface area contributed by atoms with Crippen LogP contribution >= 0.6 is 23.8 Å². The van der Waals surface area contributed by atoms with E-state index in [1.807, 2.05) is 41.3 Å². The smallest absolute Gasteiger partial charge is 0.280 e. The lowest BCUT2D eigenvalue weighted by atomic mass is 9.91. The summed E-state index contributed by atoms with van der Waals surface area (Å²) in [4.78, 5) is 20.2. The van der Waals surface area contributed by atoms with E-state index in [0.717, 1.165) is 30.2 Å². The molecule has 4 heterocycles. The van der Waals surface area contributed by atoms with Crippen LogP contribution in [0.1, 0.15) is 43.8 Å². The molecule has 41 heavy (non-hydrogen) atoms. The number of pyridine rings is 1. The molecule has 4 atom stereocenters. The average Bonchev–Trinajstić information content (AvgIpc) is 3.57. The highest BCUT2D eigenvalue weighted by Gasteiger charge is 2.43. The van der Waals surface area contributed by atoms with Crippen molar-refractivity contribution >= 4 is 46.0 Å². The van der Waals surface area contributed by atoms with Gasteiger partial charge in [-0.2, -0.15) is 0 Å². The summed E-state index contributed by atoms with van der Waals surface area (Å²) in [5.41, 5.74) is 3.03. The quantitative estimate of drug-likeness (QED) is 0.140. The van der Waals surface area contributed by atoms with E-state index in [1.165, 1.54) is 12.5 Å². The first-order valence-corrected chi connectivity index (χ1v) is 14.5. The molecule has 0 spiro atoms. The van der Waals surface area contributed by atoms with Crippen molar-refractivity contribution in [2.24, 2.45) is 11.8 Å². The van der Waals surface area contributed by atoms with Crippen LogP contribution in [0.2, 0.25) is 5.02 Å². The first-order chi connectivity index (χ1) is 19.8. The summed E-state index contributed by atoms with van der Waals surface area (Å²) in [5.74, 6) is 2.20. The normalized spacial score (nSPS) is 22.6. The van der Waals surface area contributed by atoms with Crippen molar-refractivity contribution in [3.05, 3.63) is 106 Å². The Bertz CT molecular complexity index is 1590. The van der Waals surface area contributed by atoms with Gasteiger partial charge in [0.05, 0.1) is 32.9 Å². The Labute approximate surface area is 249 Å². The molecule has 6 rings (SSSR count). The number of piperidine rings is 1. The van der Waals surface area contributed by atoms with Gasteiger partial charge in [0.15, 0.2) is 5.11 Å². The fraction of sp³-hybridized carbons (Fsp3) is 0.290. The van der Waals surface area contributed by atoms with Gasteiger partial charge < -0.3 is 19.5 Å². The zero-order valence-electron chi connectivity index (χ0n) is 22.7. The fourth-order valence-electron chi connectivity index (χ4n) is 6.18. The van der Waals surface area contributed by atoms with Crippen LogP contribution in [0.4, 0.5) is 17.1 Å². The predicted molar refractivity (Wildman–Crippen MR) is 165 cm³/mol. The fourth-order valence-corrected chi connectivity index (χ4v) is 6.82. The number of hydrogen-bond donors (Lipinski definition) is 1. The molecule has 10 heteroatoms. The first-order valence-electron chi connectivity index (χ1n) is 13.7. The summed E-state index contributed by atoms with van der Waals surface area (Å²) >= 11 is 12.8. The van der Waals surface area contributed by atoms with Crippen LogP contribution in [0.15, 0.2) is 83.4 Å². The number of nitro groups is 1. The van der Waals surface area contributed by atoms with E-state index in [0.29, 0.717) is 39.1 Å². The third-order valence-electron chi connectivity index (χ3n) is 7.80. The molecule has 4 unspecified atom stereocenters. The minimum atomic E-state index is -0.411. The molecule has 2 fully saturated rings. The molecule has 210 valence electrons. The van der Waals surface area contributed by atoms with Gasteiger partial charge in [-0.05, 0) is 79.0 Å². The summed E-state index contributed by atoms with van der Waals surface area (Å²) in [7, 11) is 0. The Morgan fingerprint density at radius 1 is 1.05 bits per heavy atom. The van der Waals surface area contributed by atoms with Crippen molar-refractivity contribution < 1.29 is 9.34 Å². The number of thiocarbonyl (C=S) groups is 1. The number of hydrogen-bond acceptors (Lipinski definition) is 6. The number of nitrogens with one attached hydrogen (secondary N) is 1. The van der Waals surface area contributed by atoms with Crippen LogP contribution in [0, 0.1) is 22.0 Å². The third-order valence-corrected chi connectivity index (χ3v) is 8.42. The van der Waals surface area contributed by atoms with E-state index in [-0.39, 0.29) is 11.7 Å². The predicted octanol–water partition coefficient (Wildman–Crippen LogP) is 7.56. The molecule has 0 amide bonds. The Morgan fingerprint density at radius 2 is 1.80 bits per heavy atom. The van der Waals surface area contributed by atoms with Crippen LogP contribution < -0.4 is 15.1 Å². The van der Waals surface area contributed by atoms with Gasteiger partial charge in [-0.1, -0.05) is 43.6 Å². The number of nitro benzene ring substituents is 1. The summed E-state index contributed by atoms with van der Waals surface area (Å²) in [6, 6.07) is 21.2. The van der Waals surface area contributed by atoms with Gasteiger partial charge in [-0.3, -0.25) is 15.1 Å². The van der Waals surface area contributed by atoms with Crippen LogP contribution in [0.3, 0.4) is 0 Å². The zero-order valence-corrected chi connectivity index (χ0v) is 24.3. The third kappa shape index (κ3) is 5.27. The van der Waals surface area contributed by atoms with Gasteiger partial charge >= 0.3 is 0 Å². The zero-order chi connectivity index (χ0) is 28.7. The summed E-state index contributed by atoms with van der Waals surface area (Å²) in [6.07, 6.45) is 2.96. The van der Waals surface area contributed by atoms with Gasteiger partial charge in [-0.25, -0.2) is 0 Å². The molecular formula is C31H30ClN5O3S. The van der Waals surface area contributed by atoms with Crippen LogP contribution in [-0.2, 0) is 0 Å². The molecule has 2 aliphatic rings. The molecule has 4 aromatic rings. The number of halogens is 1. The second-order valence-electron chi connectivity index (χ2n) is 11.0. The lowest BCUT2D eigenvalue weighted by Gasteiger charge is -2.37. The van der Waals surface area contributed by atoms with Crippen molar-refractivity contribution in [1.82, 2.24) is 10.3 Å². The largest absolute Gasteiger partial charge is 0.459 e. The highest BCUT2D eigenvalue weighted by Crippen LogP contribution is 2.45. The van der Waals surface area contributed by atoms with E-state index in [4.69, 9.17) is 28.2 Å². The lowest BCUT2D eigenvalue weighted by molar-refractivity contribution is -0.384. The molecule has 1 N–H and O–H groups in total. The van der Waals surface area contributed by atoms with Gasteiger partial charge in [0.2, 0.25) is 0 Å². The summed E-state index contributed by atoms with van der Waals surface area (Å²) < 4.78 is 6.35. The van der Waals surface area contributed by atoms with Crippen molar-refractivity contribution in [1.29, 1.82) is 0 Å². The highest BCUT2D eigenvalue weighted by molar-refractivity contribution is 7.80. The van der Waals surface area contributed by atoms with Crippen LogP contribution in [0.5, 0.6) is 0 Å². The molecule has 0 bridgehead atoms. The second kappa shape index (κ2) is 11.1.